The summed E-state index contributed by atoms with van der Waals surface area (Å²) in [5.41, 5.74) is 2.11. The van der Waals surface area contributed by atoms with Crippen molar-refractivity contribution in [2.45, 2.75) is 13.3 Å². The summed E-state index contributed by atoms with van der Waals surface area (Å²) < 4.78 is 1.08. The average molecular weight is 328 g/mol. The molecular formula is C14H22BrN3O. The number of carbonyl (C=O) groups excluding carboxylic acids is 1. The van der Waals surface area contributed by atoms with E-state index in [1.807, 2.05) is 39.2 Å². The van der Waals surface area contributed by atoms with Gasteiger partial charge >= 0.3 is 0 Å². The number of nitrogens with zero attached hydrogens (tertiary/aromatic N) is 1. The predicted molar refractivity (Wildman–Crippen MR) is 83.5 cm³/mol. The molecule has 5 heteroatoms. The van der Waals surface area contributed by atoms with Crippen molar-refractivity contribution in [3.63, 3.8) is 0 Å². The highest BCUT2D eigenvalue weighted by Gasteiger charge is 2.02. The number of amides is 1. The van der Waals surface area contributed by atoms with Gasteiger partial charge < -0.3 is 15.5 Å². The summed E-state index contributed by atoms with van der Waals surface area (Å²) in [4.78, 5) is 13.7. The highest BCUT2D eigenvalue weighted by molar-refractivity contribution is 9.10. The minimum absolute atomic E-state index is 0.0272. The van der Waals surface area contributed by atoms with E-state index < -0.39 is 0 Å². The van der Waals surface area contributed by atoms with E-state index >= 15 is 0 Å². The number of hydrogen-bond acceptors (Lipinski definition) is 3. The fourth-order valence-corrected chi connectivity index (χ4v) is 1.87. The summed E-state index contributed by atoms with van der Waals surface area (Å²) >= 11 is 3.45. The van der Waals surface area contributed by atoms with Crippen LogP contribution in [0, 0.1) is 6.92 Å². The van der Waals surface area contributed by atoms with Crippen molar-refractivity contribution in [1.29, 1.82) is 0 Å². The number of hydrogen-bond donors (Lipinski definition) is 2. The molecule has 0 fully saturated rings. The smallest absolute Gasteiger partial charge is 0.239 e. The topological polar surface area (TPSA) is 44.4 Å². The van der Waals surface area contributed by atoms with Gasteiger partial charge in [0.1, 0.15) is 0 Å². The quantitative estimate of drug-likeness (QED) is 0.755. The third-order valence-electron chi connectivity index (χ3n) is 2.72. The molecule has 19 heavy (non-hydrogen) atoms. The first-order valence-electron chi connectivity index (χ1n) is 6.40. The monoisotopic (exact) mass is 327 g/mol. The van der Waals surface area contributed by atoms with Crippen LogP contribution < -0.4 is 10.6 Å². The van der Waals surface area contributed by atoms with Crippen molar-refractivity contribution in [1.82, 2.24) is 10.2 Å². The number of nitrogens with one attached hydrogen (secondary N) is 2. The van der Waals surface area contributed by atoms with Gasteiger partial charge in [-0.05, 0) is 57.7 Å². The summed E-state index contributed by atoms with van der Waals surface area (Å²) in [7, 11) is 4.05. The molecule has 0 spiro atoms. The molecule has 0 saturated carbocycles. The van der Waals surface area contributed by atoms with Crippen LogP contribution in [0.5, 0.6) is 0 Å². The van der Waals surface area contributed by atoms with Gasteiger partial charge in [-0.1, -0.05) is 15.9 Å². The second-order valence-electron chi connectivity index (χ2n) is 4.82. The van der Waals surface area contributed by atoms with Crippen LogP contribution in [0.1, 0.15) is 12.0 Å². The van der Waals surface area contributed by atoms with Crippen LogP contribution in [-0.4, -0.2) is 44.5 Å². The third-order valence-corrected chi connectivity index (χ3v) is 3.61. The minimum Gasteiger partial charge on any atom is -0.376 e. The van der Waals surface area contributed by atoms with Gasteiger partial charge in [0.15, 0.2) is 0 Å². The van der Waals surface area contributed by atoms with E-state index in [1.54, 1.807) is 0 Å². The Labute approximate surface area is 123 Å². The Hall–Kier alpha value is -1.07. The molecule has 1 rings (SSSR count). The standard InChI is InChI=1S/C14H22BrN3O/c1-11-9-12(5-6-13(11)15)17-10-14(19)16-7-4-8-18(2)3/h5-6,9,17H,4,7-8,10H2,1-3H3,(H,16,19). The Morgan fingerprint density at radius 2 is 2.11 bits per heavy atom. The zero-order valence-corrected chi connectivity index (χ0v) is 13.4. The molecule has 0 aliphatic heterocycles. The number of halogens is 1. The van der Waals surface area contributed by atoms with Gasteiger partial charge in [-0.25, -0.2) is 0 Å². The SMILES string of the molecule is Cc1cc(NCC(=O)NCCCN(C)C)ccc1Br. The van der Waals surface area contributed by atoms with Crippen molar-refractivity contribution in [2.24, 2.45) is 0 Å². The molecule has 0 aliphatic carbocycles. The van der Waals surface area contributed by atoms with E-state index in [9.17, 15) is 4.79 Å². The summed E-state index contributed by atoms with van der Waals surface area (Å²) in [6.07, 6.45) is 0.968. The van der Waals surface area contributed by atoms with Crippen molar-refractivity contribution in [3.05, 3.63) is 28.2 Å². The van der Waals surface area contributed by atoms with Crippen molar-refractivity contribution < 1.29 is 4.79 Å². The van der Waals surface area contributed by atoms with Crippen LogP contribution in [0.25, 0.3) is 0 Å². The number of rotatable bonds is 7. The molecule has 0 aliphatic rings. The minimum atomic E-state index is 0.0272. The molecule has 1 amide bonds. The predicted octanol–water partition coefficient (Wildman–Crippen LogP) is 2.24. The van der Waals surface area contributed by atoms with Crippen LogP contribution in [0.3, 0.4) is 0 Å². The van der Waals surface area contributed by atoms with Crippen LogP contribution in [-0.2, 0) is 4.79 Å². The fourth-order valence-electron chi connectivity index (χ4n) is 1.62. The van der Waals surface area contributed by atoms with Gasteiger partial charge in [-0.3, -0.25) is 4.79 Å². The summed E-state index contributed by atoms with van der Waals surface area (Å²) in [5, 5.41) is 6.02. The highest BCUT2D eigenvalue weighted by Crippen LogP contribution is 2.19. The molecule has 4 nitrogen and oxygen atoms in total. The van der Waals surface area contributed by atoms with Crippen LogP contribution in [0.2, 0.25) is 0 Å². The van der Waals surface area contributed by atoms with Gasteiger partial charge in [-0.15, -0.1) is 0 Å². The van der Waals surface area contributed by atoms with Gasteiger partial charge in [0.05, 0.1) is 6.54 Å². The molecule has 0 atom stereocenters. The Morgan fingerprint density at radius 1 is 1.37 bits per heavy atom. The van der Waals surface area contributed by atoms with Gasteiger partial charge in [-0.2, -0.15) is 0 Å². The molecule has 0 radical (unpaired) electrons. The van der Waals surface area contributed by atoms with Crippen molar-refractivity contribution in [3.8, 4) is 0 Å². The number of anilines is 1. The van der Waals surface area contributed by atoms with Gasteiger partial charge in [0, 0.05) is 16.7 Å². The van der Waals surface area contributed by atoms with Crippen LogP contribution in [0.15, 0.2) is 22.7 Å². The number of benzene rings is 1. The molecule has 0 heterocycles. The Kier molecular flexibility index (Phi) is 6.87. The molecular weight excluding hydrogens is 306 g/mol. The first-order chi connectivity index (χ1) is 8.99. The maximum Gasteiger partial charge on any atom is 0.239 e. The molecule has 0 bridgehead atoms. The third kappa shape index (κ3) is 6.59. The second kappa shape index (κ2) is 8.17. The normalized spacial score (nSPS) is 10.6. The van der Waals surface area contributed by atoms with Crippen LogP contribution >= 0.6 is 15.9 Å². The first-order valence-corrected chi connectivity index (χ1v) is 7.20. The van der Waals surface area contributed by atoms with Crippen LogP contribution in [0.4, 0.5) is 5.69 Å². The van der Waals surface area contributed by atoms with E-state index in [-0.39, 0.29) is 5.91 Å². The van der Waals surface area contributed by atoms with Crippen molar-refractivity contribution in [2.75, 3.05) is 39.0 Å². The lowest BCUT2D eigenvalue weighted by molar-refractivity contribution is -0.119. The van der Waals surface area contributed by atoms with Gasteiger partial charge in [0.2, 0.25) is 5.91 Å². The Balaban J connectivity index is 2.24. The molecule has 0 aromatic heterocycles. The maximum atomic E-state index is 11.6. The highest BCUT2D eigenvalue weighted by atomic mass is 79.9. The van der Waals surface area contributed by atoms with E-state index in [2.05, 4.69) is 31.5 Å². The summed E-state index contributed by atoms with van der Waals surface area (Å²) in [6, 6.07) is 5.95. The van der Waals surface area contributed by atoms with E-state index in [0.717, 1.165) is 35.2 Å². The fraction of sp³-hybridized carbons (Fsp3) is 0.500. The first kappa shape index (κ1) is 16.0. The molecule has 1 aromatic carbocycles. The molecule has 1 aromatic rings. The molecule has 106 valence electrons. The molecule has 0 unspecified atom stereocenters. The zero-order valence-electron chi connectivity index (χ0n) is 11.8. The van der Waals surface area contributed by atoms with Crippen molar-refractivity contribution >= 4 is 27.5 Å². The molecule has 0 saturated heterocycles. The Morgan fingerprint density at radius 3 is 2.74 bits per heavy atom. The van der Waals surface area contributed by atoms with E-state index in [0.29, 0.717) is 6.54 Å². The number of aryl methyl sites for hydroxylation is 1. The lowest BCUT2D eigenvalue weighted by Crippen LogP contribution is -2.31. The lowest BCUT2D eigenvalue weighted by atomic mass is 10.2. The van der Waals surface area contributed by atoms with E-state index in [4.69, 9.17) is 0 Å². The zero-order chi connectivity index (χ0) is 14.3. The molecule has 2 N–H and O–H groups in total. The van der Waals surface area contributed by atoms with E-state index in [1.165, 1.54) is 0 Å². The summed E-state index contributed by atoms with van der Waals surface area (Å²) in [5.74, 6) is 0.0272. The Bertz CT molecular complexity index is 421. The summed E-state index contributed by atoms with van der Waals surface area (Å²) in [6.45, 7) is 4.04. The second-order valence-corrected chi connectivity index (χ2v) is 5.68. The van der Waals surface area contributed by atoms with Gasteiger partial charge in [0.25, 0.3) is 0 Å². The lowest BCUT2D eigenvalue weighted by Gasteiger charge is -2.11. The maximum absolute atomic E-state index is 11.6. The number of carbonyl (C=O) groups is 1. The average Bonchev–Trinajstić information content (AvgIpc) is 2.36. The largest absolute Gasteiger partial charge is 0.376 e.